The molecule has 1 aromatic heterocycles. The summed E-state index contributed by atoms with van der Waals surface area (Å²) in [6.07, 6.45) is 1.68. The molecule has 21 heavy (non-hydrogen) atoms. The summed E-state index contributed by atoms with van der Waals surface area (Å²) in [5, 5.41) is 5.53. The van der Waals surface area contributed by atoms with E-state index in [1.165, 1.54) is 0 Å². The Balaban J connectivity index is 2.06. The van der Waals surface area contributed by atoms with E-state index in [0.29, 0.717) is 16.1 Å². The first kappa shape index (κ1) is 14.5. The number of halogens is 3. The average Bonchev–Trinajstić information content (AvgIpc) is 2.88. The predicted octanol–water partition coefficient (Wildman–Crippen LogP) is 5.58. The molecule has 0 saturated heterocycles. The molecule has 0 atom stereocenters. The summed E-state index contributed by atoms with van der Waals surface area (Å²) in [6, 6.07) is 15.7. The van der Waals surface area contributed by atoms with Crippen LogP contribution in [0.1, 0.15) is 5.56 Å². The quantitative estimate of drug-likeness (QED) is 0.570. The number of rotatable bonds is 3. The Kier molecular flexibility index (Phi) is 4.20. The third-order valence-corrected chi connectivity index (χ3v) is 4.10. The van der Waals surface area contributed by atoms with Gasteiger partial charge in [-0.2, -0.15) is 5.10 Å². The van der Waals surface area contributed by atoms with E-state index in [-0.39, 0.29) is 0 Å². The van der Waals surface area contributed by atoms with Crippen molar-refractivity contribution in [2.45, 2.75) is 5.88 Å². The fourth-order valence-electron chi connectivity index (χ4n) is 2.12. The van der Waals surface area contributed by atoms with Crippen LogP contribution >= 0.6 is 34.8 Å². The van der Waals surface area contributed by atoms with Crippen LogP contribution in [0.5, 0.6) is 0 Å². The van der Waals surface area contributed by atoms with Crippen LogP contribution in [0.2, 0.25) is 10.2 Å². The number of aromatic nitrogens is 2. The molecule has 106 valence electrons. The summed E-state index contributed by atoms with van der Waals surface area (Å²) in [4.78, 5) is 0. The maximum absolute atomic E-state index is 6.28. The molecule has 0 N–H and O–H groups in total. The van der Waals surface area contributed by atoms with E-state index in [1.54, 1.807) is 10.9 Å². The van der Waals surface area contributed by atoms with Crippen LogP contribution in [0.3, 0.4) is 0 Å². The molecule has 2 aromatic carbocycles. The number of benzene rings is 2. The first-order chi connectivity index (χ1) is 10.2. The summed E-state index contributed by atoms with van der Waals surface area (Å²) in [5.41, 5.74) is 3.79. The van der Waals surface area contributed by atoms with Gasteiger partial charge in [-0.3, -0.25) is 0 Å². The van der Waals surface area contributed by atoms with Gasteiger partial charge in [0.25, 0.3) is 0 Å². The molecule has 2 nitrogen and oxygen atoms in total. The first-order valence-corrected chi connectivity index (χ1v) is 7.63. The van der Waals surface area contributed by atoms with Crippen molar-refractivity contribution in [2.75, 3.05) is 0 Å². The van der Waals surface area contributed by atoms with Crippen molar-refractivity contribution in [3.05, 3.63) is 70.5 Å². The van der Waals surface area contributed by atoms with Gasteiger partial charge in [-0.15, -0.1) is 11.6 Å². The molecule has 0 radical (unpaired) electrons. The minimum Gasteiger partial charge on any atom is -0.222 e. The van der Waals surface area contributed by atoms with Gasteiger partial charge in [0.15, 0.2) is 0 Å². The summed E-state index contributed by atoms with van der Waals surface area (Å²) in [7, 11) is 0. The van der Waals surface area contributed by atoms with E-state index in [9.17, 15) is 0 Å². The van der Waals surface area contributed by atoms with E-state index in [0.717, 1.165) is 22.4 Å². The van der Waals surface area contributed by atoms with Crippen LogP contribution in [-0.2, 0) is 5.88 Å². The fraction of sp³-hybridized carbons (Fsp3) is 0.0625. The van der Waals surface area contributed by atoms with Crippen LogP contribution in [0, 0.1) is 0 Å². The number of nitrogens with zero attached hydrogens (tertiary/aromatic N) is 2. The Hall–Kier alpha value is -1.48. The van der Waals surface area contributed by atoms with Crippen molar-refractivity contribution in [2.24, 2.45) is 0 Å². The number of alkyl halides is 1. The molecule has 0 fully saturated rings. The molecule has 0 spiro atoms. The zero-order chi connectivity index (χ0) is 14.8. The van der Waals surface area contributed by atoms with Gasteiger partial charge in [-0.25, -0.2) is 4.68 Å². The summed E-state index contributed by atoms with van der Waals surface area (Å²) < 4.78 is 1.67. The zero-order valence-electron chi connectivity index (χ0n) is 10.9. The van der Waals surface area contributed by atoms with Gasteiger partial charge in [0.05, 0.1) is 17.8 Å². The summed E-state index contributed by atoms with van der Waals surface area (Å²) in [6.45, 7) is 0. The maximum atomic E-state index is 6.28. The third-order valence-electron chi connectivity index (χ3n) is 3.17. The Morgan fingerprint density at radius 1 is 0.952 bits per heavy atom. The summed E-state index contributed by atoms with van der Waals surface area (Å²) >= 11 is 18.1. The van der Waals surface area contributed by atoms with Gasteiger partial charge in [0, 0.05) is 10.6 Å². The highest BCUT2D eigenvalue weighted by Crippen LogP contribution is 2.27. The molecule has 0 aliphatic rings. The van der Waals surface area contributed by atoms with E-state index in [2.05, 4.69) is 5.10 Å². The van der Waals surface area contributed by atoms with Gasteiger partial charge in [0.1, 0.15) is 5.15 Å². The van der Waals surface area contributed by atoms with Crippen molar-refractivity contribution in [1.29, 1.82) is 0 Å². The molecule has 3 aromatic rings. The largest absolute Gasteiger partial charge is 0.222 e. The lowest BCUT2D eigenvalue weighted by Crippen LogP contribution is -1.96. The predicted molar refractivity (Wildman–Crippen MR) is 88.6 cm³/mol. The molecule has 0 saturated carbocycles. The van der Waals surface area contributed by atoms with Gasteiger partial charge >= 0.3 is 0 Å². The molecule has 0 amide bonds. The standard InChI is InChI=1S/C16H11Cl3N2/c17-9-13-10-20-21(16(13)19)15-6-2-4-12(8-15)11-3-1-5-14(18)7-11/h1-8,10H,9H2. The Bertz CT molecular complexity index is 781. The van der Waals surface area contributed by atoms with Crippen LogP contribution in [-0.4, -0.2) is 9.78 Å². The van der Waals surface area contributed by atoms with Crippen LogP contribution in [0.4, 0.5) is 0 Å². The van der Waals surface area contributed by atoms with Crippen molar-refractivity contribution >= 4 is 34.8 Å². The monoisotopic (exact) mass is 336 g/mol. The normalized spacial score (nSPS) is 10.8. The molecule has 0 aliphatic heterocycles. The second-order valence-corrected chi connectivity index (χ2v) is 5.63. The Morgan fingerprint density at radius 3 is 2.33 bits per heavy atom. The minimum absolute atomic E-state index is 0.340. The molecular formula is C16H11Cl3N2. The average molecular weight is 338 g/mol. The van der Waals surface area contributed by atoms with E-state index >= 15 is 0 Å². The molecule has 1 heterocycles. The van der Waals surface area contributed by atoms with E-state index in [4.69, 9.17) is 34.8 Å². The van der Waals surface area contributed by atoms with Crippen LogP contribution < -0.4 is 0 Å². The summed E-state index contributed by atoms with van der Waals surface area (Å²) in [5.74, 6) is 0.340. The zero-order valence-corrected chi connectivity index (χ0v) is 13.2. The lowest BCUT2D eigenvalue weighted by atomic mass is 10.1. The van der Waals surface area contributed by atoms with Gasteiger partial charge in [0.2, 0.25) is 0 Å². The number of hydrogen-bond acceptors (Lipinski definition) is 1. The Labute approximate surface area is 137 Å². The van der Waals surface area contributed by atoms with Crippen LogP contribution in [0.25, 0.3) is 16.8 Å². The van der Waals surface area contributed by atoms with Crippen molar-refractivity contribution in [3.8, 4) is 16.8 Å². The lowest BCUT2D eigenvalue weighted by Gasteiger charge is -2.07. The first-order valence-electron chi connectivity index (χ1n) is 6.34. The molecule has 3 rings (SSSR count). The smallest absolute Gasteiger partial charge is 0.137 e. The second-order valence-electron chi connectivity index (χ2n) is 4.57. The molecule has 0 aliphatic carbocycles. The van der Waals surface area contributed by atoms with Crippen molar-refractivity contribution in [3.63, 3.8) is 0 Å². The van der Waals surface area contributed by atoms with E-state index in [1.807, 2.05) is 48.5 Å². The highest BCUT2D eigenvalue weighted by Gasteiger charge is 2.10. The minimum atomic E-state index is 0.340. The molecule has 0 unspecified atom stereocenters. The van der Waals surface area contributed by atoms with Gasteiger partial charge < -0.3 is 0 Å². The van der Waals surface area contributed by atoms with Crippen LogP contribution in [0.15, 0.2) is 54.7 Å². The molecule has 0 bridgehead atoms. The van der Waals surface area contributed by atoms with Gasteiger partial charge in [-0.1, -0.05) is 47.5 Å². The fourth-order valence-corrected chi connectivity index (χ4v) is 2.83. The topological polar surface area (TPSA) is 17.8 Å². The SMILES string of the molecule is ClCc1cnn(-c2cccc(-c3cccc(Cl)c3)c2)c1Cl. The molecular weight excluding hydrogens is 327 g/mol. The Morgan fingerprint density at radius 2 is 1.67 bits per heavy atom. The van der Waals surface area contributed by atoms with E-state index < -0.39 is 0 Å². The lowest BCUT2D eigenvalue weighted by molar-refractivity contribution is 0.881. The second kappa shape index (κ2) is 6.10. The van der Waals surface area contributed by atoms with Crippen molar-refractivity contribution < 1.29 is 0 Å². The van der Waals surface area contributed by atoms with Gasteiger partial charge in [-0.05, 0) is 35.4 Å². The third kappa shape index (κ3) is 2.93. The highest BCUT2D eigenvalue weighted by molar-refractivity contribution is 6.31. The maximum Gasteiger partial charge on any atom is 0.137 e. The molecule has 5 heteroatoms. The van der Waals surface area contributed by atoms with Crippen molar-refractivity contribution in [1.82, 2.24) is 9.78 Å². The number of hydrogen-bond donors (Lipinski definition) is 0. The highest BCUT2D eigenvalue weighted by atomic mass is 35.5.